The van der Waals surface area contributed by atoms with E-state index >= 15 is 0 Å². The first-order valence-corrected chi connectivity index (χ1v) is 4.11. The van der Waals surface area contributed by atoms with Crippen LogP contribution in [0.4, 0.5) is 0 Å². The van der Waals surface area contributed by atoms with Crippen LogP contribution >= 0.6 is 20.2 Å². The monoisotopic (exact) mass is 243 g/mol. The summed E-state index contributed by atoms with van der Waals surface area (Å²) in [6.45, 7) is 3.53. The van der Waals surface area contributed by atoms with Crippen molar-refractivity contribution in [2.45, 2.75) is 0 Å². The molecule has 0 heterocycles. The fourth-order valence-corrected chi connectivity index (χ4v) is 0.972. The van der Waals surface area contributed by atoms with Gasteiger partial charge in [0.1, 0.15) is 0 Å². The van der Waals surface area contributed by atoms with Gasteiger partial charge in [-0.25, -0.2) is 4.57 Å². The van der Waals surface area contributed by atoms with Gasteiger partial charge in [-0.15, -0.1) is 19.0 Å². The molecule has 5 nitrogen and oxygen atoms in total. The molecule has 78 valence electrons. The van der Waals surface area contributed by atoms with Gasteiger partial charge >= 0.3 is 37.4 Å². The van der Waals surface area contributed by atoms with Gasteiger partial charge in [-0.3, -0.25) is 13.6 Å². The number of hydrogen-bond donors (Lipinski definition) is 1. The van der Waals surface area contributed by atoms with Crippen molar-refractivity contribution in [1.82, 2.24) is 6.15 Å². The van der Waals surface area contributed by atoms with E-state index in [1.165, 1.54) is 20.3 Å². The third-order valence-electron chi connectivity index (χ3n) is 0.798. The minimum absolute atomic E-state index is 0. The maximum Gasteiger partial charge on any atom is 1.00 e. The van der Waals surface area contributed by atoms with Crippen molar-refractivity contribution < 1.29 is 49.1 Å². The molecule has 0 fully saturated rings. The molecular formula is C5H16ClNNaO4P. The van der Waals surface area contributed by atoms with Crippen LogP contribution in [0.2, 0.25) is 0 Å². The molecular weight excluding hydrogens is 227 g/mol. The number of halogens is 1. The van der Waals surface area contributed by atoms with Crippen molar-refractivity contribution in [3.8, 4) is 0 Å². The van der Waals surface area contributed by atoms with Gasteiger partial charge in [0.05, 0.1) is 6.61 Å². The summed E-state index contributed by atoms with van der Waals surface area (Å²) >= 11 is 0. The molecule has 0 saturated carbocycles. The molecule has 0 unspecified atom stereocenters. The third kappa shape index (κ3) is 11.0. The maximum absolute atomic E-state index is 11.0. The Bertz CT molecular complexity index is 157. The molecule has 13 heavy (non-hydrogen) atoms. The zero-order valence-corrected chi connectivity index (χ0v) is 11.9. The van der Waals surface area contributed by atoms with E-state index in [9.17, 15) is 4.57 Å². The molecule has 0 saturated heterocycles. The van der Waals surface area contributed by atoms with Crippen molar-refractivity contribution in [1.29, 1.82) is 0 Å². The molecule has 0 amide bonds. The molecule has 0 rings (SSSR count). The normalized spacial score (nSPS) is 8.77. The zero-order valence-electron chi connectivity index (χ0n) is 9.19. The molecule has 8 heteroatoms. The Morgan fingerprint density at radius 1 is 1.46 bits per heavy atom. The SMILES string of the molecule is C=CCOP(=O)(OC)OC.Cl.N.[H-].[Na+]. The predicted octanol–water partition coefficient (Wildman–Crippen LogP) is -0.710. The predicted molar refractivity (Wildman–Crippen MR) is 51.2 cm³/mol. The number of phosphoric acid groups is 1. The average molecular weight is 244 g/mol. The van der Waals surface area contributed by atoms with Crippen molar-refractivity contribution in [2.75, 3.05) is 20.8 Å². The van der Waals surface area contributed by atoms with Gasteiger partial charge in [0.15, 0.2) is 0 Å². The second-order valence-corrected chi connectivity index (χ2v) is 3.28. The summed E-state index contributed by atoms with van der Waals surface area (Å²) in [6, 6.07) is 0. The minimum Gasteiger partial charge on any atom is -1.00 e. The number of phosphoric ester groups is 1. The molecule has 0 aromatic rings. The standard InChI is InChI=1S/C5H11O4P.ClH.H3N.Na.H/c1-4-5-9-10(6,7-2)8-3;;;;/h4H,1,5H2,2-3H3;1H;1H3;;/q;;;+1;-1. The van der Waals surface area contributed by atoms with Gasteiger partial charge in [0.2, 0.25) is 0 Å². The number of rotatable bonds is 5. The van der Waals surface area contributed by atoms with Gasteiger partial charge in [-0.05, 0) is 0 Å². The van der Waals surface area contributed by atoms with Crippen LogP contribution in [0.5, 0.6) is 0 Å². The van der Waals surface area contributed by atoms with Crippen LogP contribution in [0.1, 0.15) is 1.43 Å². The molecule has 0 spiro atoms. The fourth-order valence-electron chi connectivity index (χ4n) is 0.324. The van der Waals surface area contributed by atoms with E-state index in [1.807, 2.05) is 0 Å². The Morgan fingerprint density at radius 3 is 2.08 bits per heavy atom. The summed E-state index contributed by atoms with van der Waals surface area (Å²) in [6.07, 6.45) is 1.46. The van der Waals surface area contributed by atoms with Crippen LogP contribution in [0.25, 0.3) is 0 Å². The Labute approximate surface area is 109 Å². The van der Waals surface area contributed by atoms with Gasteiger partial charge in [0, 0.05) is 14.2 Å². The second-order valence-electron chi connectivity index (χ2n) is 1.40. The van der Waals surface area contributed by atoms with Crippen molar-refractivity contribution in [3.63, 3.8) is 0 Å². The van der Waals surface area contributed by atoms with Gasteiger partial charge in [0.25, 0.3) is 0 Å². The summed E-state index contributed by atoms with van der Waals surface area (Å²) in [7, 11) is -0.754. The van der Waals surface area contributed by atoms with Crippen molar-refractivity contribution >= 4 is 20.2 Å². The van der Waals surface area contributed by atoms with Crippen LogP contribution in [-0.4, -0.2) is 20.8 Å². The minimum atomic E-state index is -3.27. The fraction of sp³-hybridized carbons (Fsp3) is 0.600. The zero-order chi connectivity index (χ0) is 8.04. The molecule has 0 aliphatic carbocycles. The van der Waals surface area contributed by atoms with Crippen molar-refractivity contribution in [3.05, 3.63) is 12.7 Å². The smallest absolute Gasteiger partial charge is 1.00 e. The molecule has 0 aromatic carbocycles. The Hall–Kier alpha value is 1.10. The van der Waals surface area contributed by atoms with Crippen LogP contribution in [0, 0.1) is 0 Å². The topological polar surface area (TPSA) is 79.8 Å². The van der Waals surface area contributed by atoms with Crippen LogP contribution < -0.4 is 35.7 Å². The van der Waals surface area contributed by atoms with E-state index in [1.54, 1.807) is 0 Å². The van der Waals surface area contributed by atoms with E-state index in [2.05, 4.69) is 20.2 Å². The van der Waals surface area contributed by atoms with Crippen LogP contribution in [0.15, 0.2) is 12.7 Å². The van der Waals surface area contributed by atoms with Gasteiger partial charge in [-0.2, -0.15) is 0 Å². The largest absolute Gasteiger partial charge is 1.00 e. The molecule has 0 radical (unpaired) electrons. The van der Waals surface area contributed by atoms with Gasteiger partial charge in [-0.1, -0.05) is 6.08 Å². The molecule has 0 aromatic heterocycles. The molecule has 0 bridgehead atoms. The summed E-state index contributed by atoms with van der Waals surface area (Å²) in [5.41, 5.74) is 0. The van der Waals surface area contributed by atoms with E-state index in [4.69, 9.17) is 0 Å². The summed E-state index contributed by atoms with van der Waals surface area (Å²) < 4.78 is 24.6. The van der Waals surface area contributed by atoms with Gasteiger partial charge < -0.3 is 7.58 Å². The first-order valence-electron chi connectivity index (χ1n) is 2.65. The second kappa shape index (κ2) is 13.1. The molecule has 0 aliphatic heterocycles. The Balaban J connectivity index is -0.0000000675. The number of hydrogen-bond acceptors (Lipinski definition) is 5. The average Bonchev–Trinajstić information content (AvgIpc) is 2.00. The molecule has 3 N–H and O–H groups in total. The van der Waals surface area contributed by atoms with E-state index in [0.29, 0.717) is 0 Å². The van der Waals surface area contributed by atoms with E-state index < -0.39 is 7.82 Å². The summed E-state index contributed by atoms with van der Waals surface area (Å²) in [5, 5.41) is 0. The van der Waals surface area contributed by atoms with Crippen molar-refractivity contribution in [2.24, 2.45) is 0 Å². The molecule has 0 aliphatic rings. The third-order valence-corrected chi connectivity index (χ3v) is 2.16. The van der Waals surface area contributed by atoms with E-state index in [-0.39, 0.29) is 56.1 Å². The van der Waals surface area contributed by atoms with E-state index in [0.717, 1.165) is 0 Å². The maximum atomic E-state index is 11.0. The summed E-state index contributed by atoms with van der Waals surface area (Å²) in [4.78, 5) is 0. The van der Waals surface area contributed by atoms with Crippen LogP contribution in [-0.2, 0) is 18.1 Å². The first kappa shape index (κ1) is 23.7. The quantitative estimate of drug-likeness (QED) is 0.392. The Morgan fingerprint density at radius 2 is 1.85 bits per heavy atom. The molecule has 0 atom stereocenters. The van der Waals surface area contributed by atoms with Crippen LogP contribution in [0.3, 0.4) is 0 Å². The first-order chi connectivity index (χ1) is 4.68. The Kier molecular flexibility index (Phi) is 23.9. The summed E-state index contributed by atoms with van der Waals surface area (Å²) in [5.74, 6) is 0.